The van der Waals surface area contributed by atoms with Crippen molar-refractivity contribution in [2.45, 2.75) is 13.3 Å². The van der Waals surface area contributed by atoms with Crippen LogP contribution >= 0.6 is 0 Å². The first-order chi connectivity index (χ1) is 7.13. The fourth-order valence-corrected chi connectivity index (χ4v) is 1.26. The van der Waals surface area contributed by atoms with E-state index in [4.69, 9.17) is 0 Å². The van der Waals surface area contributed by atoms with Gasteiger partial charge in [-0.25, -0.2) is 0 Å². The maximum atomic E-state index is 11.1. The zero-order chi connectivity index (χ0) is 11.3. The molecule has 15 heavy (non-hydrogen) atoms. The third-order valence-corrected chi connectivity index (χ3v) is 1.95. The van der Waals surface area contributed by atoms with Crippen molar-refractivity contribution in [2.75, 3.05) is 11.9 Å². The highest BCUT2D eigenvalue weighted by atomic mass is 16.6. The molecule has 0 fully saturated rings. The summed E-state index contributed by atoms with van der Waals surface area (Å²) < 4.78 is 0. The molecular formula is C10H12N2O3. The van der Waals surface area contributed by atoms with E-state index in [2.05, 4.69) is 5.32 Å². The molecule has 1 aromatic rings. The summed E-state index contributed by atoms with van der Waals surface area (Å²) in [6.07, 6.45) is 0.773. The lowest BCUT2D eigenvalue weighted by molar-refractivity contribution is -0.467. The van der Waals surface area contributed by atoms with Crippen LogP contribution in [-0.4, -0.2) is 17.4 Å². The van der Waals surface area contributed by atoms with E-state index in [0.29, 0.717) is 5.69 Å². The maximum Gasteiger partial charge on any atom is 0.296 e. The van der Waals surface area contributed by atoms with E-state index in [9.17, 15) is 14.9 Å². The summed E-state index contributed by atoms with van der Waals surface area (Å²) in [5, 5.41) is 12.6. The number of hydrogen-bond donors (Lipinski definition) is 1. The van der Waals surface area contributed by atoms with Crippen LogP contribution in [0.5, 0.6) is 0 Å². The normalized spacial score (nSPS) is 9.67. The highest BCUT2D eigenvalue weighted by Crippen LogP contribution is 2.14. The molecular weight excluding hydrogens is 196 g/mol. The number of benzene rings is 1. The molecule has 0 radical (unpaired) electrons. The van der Waals surface area contributed by atoms with Crippen LogP contribution in [0.15, 0.2) is 24.3 Å². The quantitative estimate of drug-likeness (QED) is 0.601. The van der Waals surface area contributed by atoms with E-state index in [1.807, 2.05) is 19.1 Å². The van der Waals surface area contributed by atoms with Gasteiger partial charge in [-0.05, 0) is 18.1 Å². The van der Waals surface area contributed by atoms with Crippen molar-refractivity contribution in [3.8, 4) is 0 Å². The minimum absolute atomic E-state index is 0.596. The van der Waals surface area contributed by atoms with E-state index < -0.39 is 17.4 Å². The molecule has 1 aromatic carbocycles. The molecule has 0 aliphatic heterocycles. The lowest BCUT2D eigenvalue weighted by Crippen LogP contribution is -2.22. The van der Waals surface area contributed by atoms with Crippen molar-refractivity contribution >= 4 is 11.6 Å². The Kier molecular flexibility index (Phi) is 3.79. The average molecular weight is 208 g/mol. The van der Waals surface area contributed by atoms with Gasteiger partial charge in [0.2, 0.25) is 0 Å². The van der Waals surface area contributed by atoms with E-state index in [1.54, 1.807) is 12.1 Å². The van der Waals surface area contributed by atoms with Crippen LogP contribution in [0.4, 0.5) is 5.69 Å². The van der Waals surface area contributed by atoms with Gasteiger partial charge in [0.05, 0.1) is 0 Å². The number of aryl methyl sites for hydroxylation is 1. The minimum atomic E-state index is -0.696. The number of nitro groups is 1. The van der Waals surface area contributed by atoms with Gasteiger partial charge in [0.25, 0.3) is 12.5 Å². The van der Waals surface area contributed by atoms with E-state index in [-0.39, 0.29) is 0 Å². The molecule has 0 aliphatic carbocycles. The summed E-state index contributed by atoms with van der Waals surface area (Å²) in [7, 11) is 0. The summed E-state index contributed by atoms with van der Waals surface area (Å²) in [6, 6.07) is 7.25. The fourth-order valence-electron chi connectivity index (χ4n) is 1.26. The largest absolute Gasteiger partial charge is 0.320 e. The van der Waals surface area contributed by atoms with Crippen LogP contribution in [0, 0.1) is 10.1 Å². The van der Waals surface area contributed by atoms with E-state index in [0.717, 1.165) is 12.0 Å². The second kappa shape index (κ2) is 5.09. The molecule has 0 saturated carbocycles. The Hall–Kier alpha value is -1.91. The summed E-state index contributed by atoms with van der Waals surface area (Å²) in [6.45, 7) is 1.26. The number of nitrogens with zero attached hydrogens (tertiary/aromatic N) is 1. The minimum Gasteiger partial charge on any atom is -0.320 e. The number of anilines is 1. The van der Waals surface area contributed by atoms with Crippen molar-refractivity contribution in [1.82, 2.24) is 0 Å². The van der Waals surface area contributed by atoms with Crippen LogP contribution in [0.2, 0.25) is 0 Å². The second-order valence-electron chi connectivity index (χ2n) is 3.05. The number of para-hydroxylation sites is 1. The molecule has 0 atom stereocenters. The molecule has 0 unspecified atom stereocenters. The molecule has 1 rings (SSSR count). The van der Waals surface area contributed by atoms with Gasteiger partial charge < -0.3 is 5.32 Å². The summed E-state index contributed by atoms with van der Waals surface area (Å²) in [5.41, 5.74) is 1.61. The molecule has 0 spiro atoms. The Balaban J connectivity index is 2.71. The molecule has 1 N–H and O–H groups in total. The number of nitrogens with one attached hydrogen (secondary N) is 1. The number of carbonyl (C=O) groups excluding carboxylic acids is 1. The molecule has 1 amide bonds. The Morgan fingerprint density at radius 2 is 2.13 bits per heavy atom. The molecule has 5 nitrogen and oxygen atoms in total. The molecule has 0 heterocycles. The first-order valence-electron chi connectivity index (χ1n) is 4.63. The zero-order valence-corrected chi connectivity index (χ0v) is 8.40. The molecule has 80 valence electrons. The summed E-state index contributed by atoms with van der Waals surface area (Å²) in [4.78, 5) is 20.6. The smallest absolute Gasteiger partial charge is 0.296 e. The van der Waals surface area contributed by atoms with E-state index >= 15 is 0 Å². The SMILES string of the molecule is CCc1ccccc1NC(=O)C[N+](=O)[O-]. The highest BCUT2D eigenvalue weighted by molar-refractivity contribution is 5.92. The van der Waals surface area contributed by atoms with Crippen molar-refractivity contribution in [2.24, 2.45) is 0 Å². The third kappa shape index (κ3) is 3.38. The first kappa shape index (κ1) is 11.2. The Morgan fingerprint density at radius 3 is 2.73 bits per heavy atom. The zero-order valence-electron chi connectivity index (χ0n) is 8.40. The molecule has 0 saturated heterocycles. The predicted molar refractivity (Wildman–Crippen MR) is 56.3 cm³/mol. The van der Waals surface area contributed by atoms with Crippen LogP contribution in [0.25, 0.3) is 0 Å². The van der Waals surface area contributed by atoms with Gasteiger partial charge in [-0.2, -0.15) is 0 Å². The van der Waals surface area contributed by atoms with Gasteiger partial charge in [0, 0.05) is 10.6 Å². The van der Waals surface area contributed by atoms with Crippen LogP contribution in [0.3, 0.4) is 0 Å². The Morgan fingerprint density at radius 1 is 1.47 bits per heavy atom. The molecule has 0 bridgehead atoms. The fraction of sp³-hybridized carbons (Fsp3) is 0.300. The second-order valence-corrected chi connectivity index (χ2v) is 3.05. The highest BCUT2D eigenvalue weighted by Gasteiger charge is 2.10. The topological polar surface area (TPSA) is 72.2 Å². The molecule has 0 aromatic heterocycles. The maximum absolute atomic E-state index is 11.1. The van der Waals surface area contributed by atoms with Crippen molar-refractivity contribution in [3.63, 3.8) is 0 Å². The number of amides is 1. The van der Waals surface area contributed by atoms with Crippen molar-refractivity contribution in [3.05, 3.63) is 39.9 Å². The van der Waals surface area contributed by atoms with Gasteiger partial charge in [-0.15, -0.1) is 0 Å². The predicted octanol–water partition coefficient (Wildman–Crippen LogP) is 1.46. The van der Waals surface area contributed by atoms with Crippen molar-refractivity contribution in [1.29, 1.82) is 0 Å². The van der Waals surface area contributed by atoms with E-state index in [1.165, 1.54) is 0 Å². The van der Waals surface area contributed by atoms with Gasteiger partial charge >= 0.3 is 0 Å². The number of carbonyl (C=O) groups is 1. The van der Waals surface area contributed by atoms with Gasteiger partial charge in [-0.3, -0.25) is 14.9 Å². The summed E-state index contributed by atoms with van der Waals surface area (Å²) in [5.74, 6) is -0.596. The van der Waals surface area contributed by atoms with Gasteiger partial charge in [0.15, 0.2) is 0 Å². The first-order valence-corrected chi connectivity index (χ1v) is 4.63. The van der Waals surface area contributed by atoms with Gasteiger partial charge in [-0.1, -0.05) is 25.1 Å². The monoisotopic (exact) mass is 208 g/mol. The van der Waals surface area contributed by atoms with Crippen LogP contribution in [0.1, 0.15) is 12.5 Å². The Bertz CT molecular complexity index is 377. The standard InChI is InChI=1S/C10H12N2O3/c1-2-8-5-3-4-6-9(8)11-10(13)7-12(14)15/h3-6H,2,7H2,1H3,(H,11,13). The Labute approximate surface area is 87.3 Å². The third-order valence-electron chi connectivity index (χ3n) is 1.95. The van der Waals surface area contributed by atoms with Crippen molar-refractivity contribution < 1.29 is 9.72 Å². The molecule has 5 heteroatoms. The average Bonchev–Trinajstić information content (AvgIpc) is 2.17. The summed E-state index contributed by atoms with van der Waals surface area (Å²) >= 11 is 0. The lowest BCUT2D eigenvalue weighted by Gasteiger charge is -2.07. The van der Waals surface area contributed by atoms with Gasteiger partial charge in [0.1, 0.15) is 0 Å². The molecule has 0 aliphatic rings. The van der Waals surface area contributed by atoms with Crippen LogP contribution < -0.4 is 5.32 Å². The van der Waals surface area contributed by atoms with Crippen LogP contribution in [-0.2, 0) is 11.2 Å². The number of rotatable bonds is 4. The number of hydrogen-bond acceptors (Lipinski definition) is 3. The lowest BCUT2D eigenvalue weighted by atomic mass is 10.1.